The molecule has 1 aromatic heterocycles. The molecule has 0 bridgehead atoms. The van der Waals surface area contributed by atoms with Crippen molar-refractivity contribution in [1.29, 1.82) is 0 Å². The van der Waals surface area contributed by atoms with Crippen molar-refractivity contribution in [3.8, 4) is 11.6 Å². The largest absolute Gasteiger partial charge is 0.437 e. The van der Waals surface area contributed by atoms with Crippen LogP contribution in [-0.4, -0.2) is 10.9 Å². The maximum atomic E-state index is 11.3. The molecule has 1 aromatic carbocycles. The van der Waals surface area contributed by atoms with Crippen molar-refractivity contribution in [3.63, 3.8) is 0 Å². The molecular weight excluding hydrogens is 289 g/mol. The second-order valence-corrected chi connectivity index (χ2v) is 4.51. The van der Waals surface area contributed by atoms with E-state index >= 15 is 0 Å². The van der Waals surface area contributed by atoms with Gasteiger partial charge < -0.3 is 16.2 Å². The van der Waals surface area contributed by atoms with Crippen LogP contribution >= 0.6 is 23.2 Å². The Morgan fingerprint density at radius 3 is 2.68 bits per heavy atom. The second-order valence-electron chi connectivity index (χ2n) is 3.66. The highest BCUT2D eigenvalue weighted by molar-refractivity contribution is 6.34. The van der Waals surface area contributed by atoms with Crippen molar-refractivity contribution in [1.82, 2.24) is 4.98 Å². The number of anilines is 1. The number of carbonyl (C=O) groups is 1. The minimum absolute atomic E-state index is 0.0193. The normalized spacial score (nSPS) is 10.2. The topological polar surface area (TPSA) is 91.2 Å². The number of nitrogens with two attached hydrogens (primary N) is 2. The molecule has 5 nitrogen and oxygen atoms in total. The predicted molar refractivity (Wildman–Crippen MR) is 73.7 cm³/mol. The summed E-state index contributed by atoms with van der Waals surface area (Å²) in [5.41, 5.74) is 11.1. The predicted octanol–water partition coefficient (Wildman–Crippen LogP) is 2.86. The zero-order valence-corrected chi connectivity index (χ0v) is 11.1. The summed E-state index contributed by atoms with van der Waals surface area (Å²) in [6, 6.07) is 6.07. The Labute approximate surface area is 119 Å². The van der Waals surface area contributed by atoms with E-state index in [1.165, 1.54) is 18.3 Å². The number of benzene rings is 1. The first-order chi connectivity index (χ1) is 8.97. The molecule has 0 fully saturated rings. The van der Waals surface area contributed by atoms with Crippen molar-refractivity contribution < 1.29 is 9.53 Å². The van der Waals surface area contributed by atoms with Crippen LogP contribution in [0.5, 0.6) is 11.6 Å². The fourth-order valence-electron chi connectivity index (χ4n) is 1.39. The zero-order valence-electron chi connectivity index (χ0n) is 9.56. The molecule has 0 saturated carbocycles. The van der Waals surface area contributed by atoms with Gasteiger partial charge in [-0.15, -0.1) is 0 Å². The molecule has 4 N–H and O–H groups in total. The number of nitrogens with zero attached hydrogens (tertiary/aromatic N) is 1. The number of amides is 1. The third-order valence-electron chi connectivity index (χ3n) is 2.24. The highest BCUT2D eigenvalue weighted by atomic mass is 35.5. The van der Waals surface area contributed by atoms with Crippen LogP contribution in [0.1, 0.15) is 10.4 Å². The number of rotatable bonds is 3. The molecule has 0 aliphatic carbocycles. The highest BCUT2D eigenvalue weighted by Gasteiger charge is 2.14. The lowest BCUT2D eigenvalue weighted by Gasteiger charge is -2.10. The molecular formula is C12H9Cl2N3O2. The molecule has 0 spiro atoms. The minimum atomic E-state index is -0.701. The van der Waals surface area contributed by atoms with Crippen LogP contribution in [0, 0.1) is 0 Å². The Kier molecular flexibility index (Phi) is 3.78. The Balaban J connectivity index is 2.43. The standard InChI is InChI=1S/C12H9Cl2N3O2/c13-6-1-2-9(14)10(3-6)19-12-8(11(16)18)4-7(15)5-17-12/h1-5H,15H2,(H2,16,18). The van der Waals surface area contributed by atoms with Crippen LogP contribution in [0.3, 0.4) is 0 Å². The van der Waals surface area contributed by atoms with Gasteiger partial charge in [-0.3, -0.25) is 4.79 Å². The molecule has 1 heterocycles. The number of pyridine rings is 1. The lowest BCUT2D eigenvalue weighted by atomic mass is 10.2. The van der Waals surface area contributed by atoms with E-state index in [0.717, 1.165) is 0 Å². The lowest BCUT2D eigenvalue weighted by Crippen LogP contribution is -2.13. The summed E-state index contributed by atoms with van der Waals surface area (Å²) in [5.74, 6) is -0.409. The molecule has 1 amide bonds. The van der Waals surface area contributed by atoms with Crippen molar-refractivity contribution in [2.75, 3.05) is 5.73 Å². The molecule has 0 radical (unpaired) electrons. The Bertz CT molecular complexity index is 647. The number of primary amides is 1. The van der Waals surface area contributed by atoms with Gasteiger partial charge in [-0.25, -0.2) is 4.98 Å². The summed E-state index contributed by atoms with van der Waals surface area (Å²) in [5, 5.41) is 0.772. The monoisotopic (exact) mass is 297 g/mol. The van der Waals surface area contributed by atoms with E-state index in [0.29, 0.717) is 15.7 Å². The molecule has 0 atom stereocenters. The average molecular weight is 298 g/mol. The van der Waals surface area contributed by atoms with Gasteiger partial charge in [0.05, 0.1) is 16.9 Å². The van der Waals surface area contributed by atoms with Gasteiger partial charge in [-0.2, -0.15) is 0 Å². The first-order valence-electron chi connectivity index (χ1n) is 5.15. The fraction of sp³-hybridized carbons (Fsp3) is 0. The quantitative estimate of drug-likeness (QED) is 0.911. The molecule has 19 heavy (non-hydrogen) atoms. The zero-order chi connectivity index (χ0) is 14.0. The van der Waals surface area contributed by atoms with Gasteiger partial charge in [0.1, 0.15) is 11.3 Å². The smallest absolute Gasteiger partial charge is 0.254 e. The number of nitrogen functional groups attached to an aromatic ring is 1. The Morgan fingerprint density at radius 2 is 2.00 bits per heavy atom. The summed E-state index contributed by atoms with van der Waals surface area (Å²) in [6.45, 7) is 0. The van der Waals surface area contributed by atoms with Crippen LogP contribution in [0.2, 0.25) is 10.0 Å². The van der Waals surface area contributed by atoms with Gasteiger partial charge in [-0.1, -0.05) is 23.2 Å². The second kappa shape index (κ2) is 5.34. The summed E-state index contributed by atoms with van der Waals surface area (Å²) in [4.78, 5) is 15.2. The van der Waals surface area contributed by atoms with E-state index in [-0.39, 0.29) is 17.2 Å². The number of aromatic nitrogens is 1. The fourth-order valence-corrected chi connectivity index (χ4v) is 1.70. The molecule has 2 rings (SSSR count). The van der Waals surface area contributed by atoms with Gasteiger partial charge in [0.15, 0.2) is 0 Å². The maximum absolute atomic E-state index is 11.3. The number of halogens is 2. The molecule has 0 aliphatic heterocycles. The Hall–Kier alpha value is -1.98. The van der Waals surface area contributed by atoms with Crippen LogP contribution < -0.4 is 16.2 Å². The van der Waals surface area contributed by atoms with Gasteiger partial charge >= 0.3 is 0 Å². The van der Waals surface area contributed by atoms with E-state index in [1.54, 1.807) is 12.1 Å². The molecule has 98 valence electrons. The third-order valence-corrected chi connectivity index (χ3v) is 2.78. The summed E-state index contributed by atoms with van der Waals surface area (Å²) < 4.78 is 5.45. The van der Waals surface area contributed by atoms with Crippen LogP contribution in [0.4, 0.5) is 5.69 Å². The van der Waals surface area contributed by atoms with Crippen LogP contribution in [-0.2, 0) is 0 Å². The number of ether oxygens (including phenoxy) is 1. The SMILES string of the molecule is NC(=O)c1cc(N)cnc1Oc1cc(Cl)ccc1Cl. The van der Waals surface area contributed by atoms with Gasteiger partial charge in [-0.05, 0) is 18.2 Å². The highest BCUT2D eigenvalue weighted by Crippen LogP contribution is 2.32. The van der Waals surface area contributed by atoms with E-state index < -0.39 is 5.91 Å². The van der Waals surface area contributed by atoms with Gasteiger partial charge in [0.2, 0.25) is 5.88 Å². The number of hydrogen-bond acceptors (Lipinski definition) is 4. The van der Waals surface area contributed by atoms with Gasteiger partial charge in [0, 0.05) is 11.1 Å². The van der Waals surface area contributed by atoms with Crippen molar-refractivity contribution in [3.05, 3.63) is 46.1 Å². The van der Waals surface area contributed by atoms with E-state index in [4.69, 9.17) is 39.4 Å². The first kappa shape index (κ1) is 13.5. The van der Waals surface area contributed by atoms with Crippen LogP contribution in [0.25, 0.3) is 0 Å². The van der Waals surface area contributed by atoms with E-state index in [1.807, 2.05) is 0 Å². The number of carbonyl (C=O) groups excluding carboxylic acids is 1. The van der Waals surface area contributed by atoms with E-state index in [9.17, 15) is 4.79 Å². The molecule has 0 saturated heterocycles. The number of hydrogen-bond donors (Lipinski definition) is 2. The van der Waals surface area contributed by atoms with Crippen molar-refractivity contribution in [2.45, 2.75) is 0 Å². The van der Waals surface area contributed by atoms with E-state index in [2.05, 4.69) is 4.98 Å². The van der Waals surface area contributed by atoms with Crippen molar-refractivity contribution in [2.24, 2.45) is 5.73 Å². The lowest BCUT2D eigenvalue weighted by molar-refractivity contribution is 0.0997. The average Bonchev–Trinajstić information content (AvgIpc) is 2.35. The molecule has 2 aromatic rings. The summed E-state index contributed by atoms with van der Waals surface area (Å²) >= 11 is 11.8. The summed E-state index contributed by atoms with van der Waals surface area (Å²) in [7, 11) is 0. The summed E-state index contributed by atoms with van der Waals surface area (Å²) in [6.07, 6.45) is 1.35. The Morgan fingerprint density at radius 1 is 1.26 bits per heavy atom. The van der Waals surface area contributed by atoms with Crippen LogP contribution in [0.15, 0.2) is 30.5 Å². The minimum Gasteiger partial charge on any atom is -0.437 e. The third kappa shape index (κ3) is 3.07. The first-order valence-corrected chi connectivity index (χ1v) is 5.91. The molecule has 0 unspecified atom stereocenters. The molecule has 0 aliphatic rings. The maximum Gasteiger partial charge on any atom is 0.254 e. The van der Waals surface area contributed by atoms with Gasteiger partial charge in [0.25, 0.3) is 5.91 Å². The molecule has 7 heteroatoms. The van der Waals surface area contributed by atoms with Crippen molar-refractivity contribution >= 4 is 34.8 Å².